The second-order valence-corrected chi connectivity index (χ2v) is 6.11. The zero-order valence-electron chi connectivity index (χ0n) is 13.1. The fourth-order valence-corrected chi connectivity index (χ4v) is 3.29. The van der Waals surface area contributed by atoms with E-state index in [4.69, 9.17) is 4.74 Å². The number of hydrogen-bond acceptors (Lipinski definition) is 3. The Morgan fingerprint density at radius 3 is 2.91 bits per heavy atom. The molecule has 1 fully saturated rings. The van der Waals surface area contributed by atoms with Gasteiger partial charge >= 0.3 is 5.97 Å². The predicted octanol–water partition coefficient (Wildman–Crippen LogP) is 1.89. The maximum atomic E-state index is 12.8. The highest BCUT2D eigenvalue weighted by molar-refractivity contribution is 5.96. The standard InChI is InChI=1S/C17H20N2O4/c1-23-12-17(16(21)22)6-4-8-19(11-17)15(20)13-9-14-5-2-3-7-18(14)10-13/h2-3,5,7,9-10H,4,6,8,11-12H2,1H3,(H,21,22). The van der Waals surface area contributed by atoms with Gasteiger partial charge in [0.15, 0.2) is 0 Å². The molecule has 0 radical (unpaired) electrons. The van der Waals surface area contributed by atoms with Crippen LogP contribution in [0.25, 0.3) is 5.52 Å². The molecule has 23 heavy (non-hydrogen) atoms. The van der Waals surface area contributed by atoms with Gasteiger partial charge in [0.05, 0.1) is 12.2 Å². The highest BCUT2D eigenvalue weighted by atomic mass is 16.5. The number of methoxy groups -OCH3 is 1. The molecule has 2 aromatic rings. The van der Waals surface area contributed by atoms with E-state index < -0.39 is 11.4 Å². The van der Waals surface area contributed by atoms with Crippen molar-refractivity contribution in [2.24, 2.45) is 5.41 Å². The van der Waals surface area contributed by atoms with E-state index in [1.165, 1.54) is 7.11 Å². The minimum Gasteiger partial charge on any atom is -0.481 e. The third-order valence-corrected chi connectivity index (χ3v) is 4.49. The fraction of sp³-hybridized carbons (Fsp3) is 0.412. The first-order chi connectivity index (χ1) is 11.1. The first kappa shape index (κ1) is 15.6. The van der Waals surface area contributed by atoms with Crippen LogP contribution in [0.1, 0.15) is 23.2 Å². The Kier molecular flexibility index (Phi) is 4.09. The van der Waals surface area contributed by atoms with Crippen LogP contribution >= 0.6 is 0 Å². The Morgan fingerprint density at radius 2 is 2.22 bits per heavy atom. The number of aliphatic carboxylic acids is 1. The van der Waals surface area contributed by atoms with E-state index in [-0.39, 0.29) is 19.1 Å². The summed E-state index contributed by atoms with van der Waals surface area (Å²) in [5, 5.41) is 9.58. The third-order valence-electron chi connectivity index (χ3n) is 4.49. The number of carboxylic acids is 1. The molecule has 0 saturated carbocycles. The number of carboxylic acid groups (broad SMARTS) is 1. The number of ether oxygens (including phenoxy) is 1. The summed E-state index contributed by atoms with van der Waals surface area (Å²) in [5.74, 6) is -1.03. The topological polar surface area (TPSA) is 71.2 Å². The van der Waals surface area contributed by atoms with Gasteiger partial charge < -0.3 is 19.1 Å². The Hall–Kier alpha value is -2.34. The molecule has 1 amide bonds. The van der Waals surface area contributed by atoms with Crippen molar-refractivity contribution in [2.45, 2.75) is 12.8 Å². The van der Waals surface area contributed by atoms with Crippen LogP contribution in [0.2, 0.25) is 0 Å². The molecule has 1 atom stereocenters. The monoisotopic (exact) mass is 316 g/mol. The highest BCUT2D eigenvalue weighted by Crippen LogP contribution is 2.31. The maximum absolute atomic E-state index is 12.8. The quantitative estimate of drug-likeness (QED) is 0.935. The molecule has 3 heterocycles. The normalized spacial score (nSPS) is 21.5. The molecule has 0 aromatic carbocycles. The van der Waals surface area contributed by atoms with E-state index in [2.05, 4.69) is 0 Å². The van der Waals surface area contributed by atoms with Crippen molar-refractivity contribution in [3.8, 4) is 0 Å². The molecule has 0 spiro atoms. The Bertz CT molecular complexity index is 702. The van der Waals surface area contributed by atoms with Crippen LogP contribution < -0.4 is 0 Å². The molecule has 0 aliphatic carbocycles. The number of fused-ring (bicyclic) bond motifs is 1. The van der Waals surface area contributed by atoms with Gasteiger partial charge in [0.2, 0.25) is 0 Å². The van der Waals surface area contributed by atoms with Gasteiger partial charge in [-0.05, 0) is 31.0 Å². The van der Waals surface area contributed by atoms with Crippen LogP contribution in [-0.2, 0) is 9.53 Å². The van der Waals surface area contributed by atoms with E-state index in [1.807, 2.05) is 34.9 Å². The zero-order valence-corrected chi connectivity index (χ0v) is 13.1. The molecule has 6 heteroatoms. The molecule has 2 aromatic heterocycles. The average Bonchev–Trinajstić information content (AvgIpc) is 2.98. The minimum atomic E-state index is -1.01. The summed E-state index contributed by atoms with van der Waals surface area (Å²) >= 11 is 0. The Morgan fingerprint density at radius 1 is 1.39 bits per heavy atom. The number of pyridine rings is 1. The lowest BCUT2D eigenvalue weighted by atomic mass is 9.80. The van der Waals surface area contributed by atoms with E-state index in [0.717, 1.165) is 5.52 Å². The van der Waals surface area contributed by atoms with Gasteiger partial charge in [-0.1, -0.05) is 6.07 Å². The summed E-state index contributed by atoms with van der Waals surface area (Å²) < 4.78 is 6.99. The van der Waals surface area contributed by atoms with Gasteiger partial charge in [0.1, 0.15) is 5.41 Å². The molecule has 1 unspecified atom stereocenters. The van der Waals surface area contributed by atoms with E-state index in [0.29, 0.717) is 24.9 Å². The Balaban J connectivity index is 1.85. The van der Waals surface area contributed by atoms with Crippen molar-refractivity contribution >= 4 is 17.4 Å². The van der Waals surface area contributed by atoms with Gasteiger partial charge in [-0.25, -0.2) is 0 Å². The molecule has 122 valence electrons. The molecule has 1 saturated heterocycles. The minimum absolute atomic E-state index is 0.115. The van der Waals surface area contributed by atoms with Crippen molar-refractivity contribution in [3.63, 3.8) is 0 Å². The largest absolute Gasteiger partial charge is 0.481 e. The number of hydrogen-bond donors (Lipinski definition) is 1. The molecule has 3 rings (SSSR count). The van der Waals surface area contributed by atoms with Gasteiger partial charge in [0, 0.05) is 38.1 Å². The summed E-state index contributed by atoms with van der Waals surface area (Å²) in [6.45, 7) is 0.870. The van der Waals surface area contributed by atoms with Crippen molar-refractivity contribution in [3.05, 3.63) is 42.2 Å². The number of carbonyl (C=O) groups is 2. The van der Waals surface area contributed by atoms with Gasteiger partial charge in [-0.2, -0.15) is 0 Å². The van der Waals surface area contributed by atoms with E-state index >= 15 is 0 Å². The summed E-state index contributed by atoms with van der Waals surface area (Å²) in [4.78, 5) is 26.1. The highest BCUT2D eigenvalue weighted by Gasteiger charge is 2.44. The van der Waals surface area contributed by atoms with Crippen LogP contribution in [-0.4, -0.2) is 53.1 Å². The average molecular weight is 316 g/mol. The van der Waals surface area contributed by atoms with Crippen molar-refractivity contribution in [1.82, 2.24) is 9.30 Å². The lowest BCUT2D eigenvalue weighted by molar-refractivity contribution is -0.155. The summed E-state index contributed by atoms with van der Waals surface area (Å²) in [6.07, 6.45) is 4.85. The second kappa shape index (κ2) is 6.04. The first-order valence-electron chi connectivity index (χ1n) is 7.64. The molecule has 1 aliphatic rings. The number of aromatic nitrogens is 1. The number of rotatable bonds is 4. The summed E-state index contributed by atoms with van der Waals surface area (Å²) in [7, 11) is 1.49. The zero-order chi connectivity index (χ0) is 16.4. The molecule has 1 aliphatic heterocycles. The number of piperidine rings is 1. The van der Waals surface area contributed by atoms with Crippen molar-refractivity contribution < 1.29 is 19.4 Å². The smallest absolute Gasteiger partial charge is 0.313 e. The number of carbonyl (C=O) groups excluding carboxylic acids is 1. The second-order valence-electron chi connectivity index (χ2n) is 6.11. The number of amides is 1. The molecule has 0 bridgehead atoms. The number of nitrogens with zero attached hydrogens (tertiary/aromatic N) is 2. The lowest BCUT2D eigenvalue weighted by Crippen LogP contribution is -2.52. The van der Waals surface area contributed by atoms with Crippen LogP contribution in [0.4, 0.5) is 0 Å². The van der Waals surface area contributed by atoms with Crippen LogP contribution in [0.3, 0.4) is 0 Å². The SMILES string of the molecule is COCC1(C(=O)O)CCCN(C(=O)c2cc3ccccn3c2)C1. The fourth-order valence-electron chi connectivity index (χ4n) is 3.29. The third kappa shape index (κ3) is 2.82. The number of likely N-dealkylation sites (tertiary alicyclic amines) is 1. The summed E-state index contributed by atoms with van der Waals surface area (Å²) in [6, 6.07) is 7.57. The lowest BCUT2D eigenvalue weighted by Gasteiger charge is -2.39. The van der Waals surface area contributed by atoms with Gasteiger partial charge in [-0.15, -0.1) is 0 Å². The van der Waals surface area contributed by atoms with Crippen molar-refractivity contribution in [1.29, 1.82) is 0 Å². The maximum Gasteiger partial charge on any atom is 0.313 e. The van der Waals surface area contributed by atoms with Crippen LogP contribution in [0.5, 0.6) is 0 Å². The molecule has 6 nitrogen and oxygen atoms in total. The van der Waals surface area contributed by atoms with E-state index in [1.54, 1.807) is 11.1 Å². The first-order valence-corrected chi connectivity index (χ1v) is 7.64. The van der Waals surface area contributed by atoms with E-state index in [9.17, 15) is 14.7 Å². The van der Waals surface area contributed by atoms with Crippen LogP contribution in [0.15, 0.2) is 36.7 Å². The molecule has 1 N–H and O–H groups in total. The predicted molar refractivity (Wildman–Crippen MR) is 84.5 cm³/mol. The van der Waals surface area contributed by atoms with Gasteiger partial charge in [-0.3, -0.25) is 9.59 Å². The molecular weight excluding hydrogens is 296 g/mol. The molecular formula is C17H20N2O4. The van der Waals surface area contributed by atoms with Crippen molar-refractivity contribution in [2.75, 3.05) is 26.8 Å². The van der Waals surface area contributed by atoms with Gasteiger partial charge in [0.25, 0.3) is 5.91 Å². The van der Waals surface area contributed by atoms with Crippen LogP contribution in [0, 0.1) is 5.41 Å². The summed E-state index contributed by atoms with van der Waals surface area (Å²) in [5.41, 5.74) is 0.506. The Labute approximate surface area is 134 Å².